The van der Waals surface area contributed by atoms with Gasteiger partial charge in [0, 0.05) is 49.1 Å². The van der Waals surface area contributed by atoms with E-state index in [9.17, 15) is 31.9 Å². The van der Waals surface area contributed by atoms with Crippen LogP contribution in [0, 0.1) is 5.82 Å². The number of ether oxygens (including phenoxy) is 1. The number of aromatic nitrogens is 1. The number of alkyl halides is 3. The Morgan fingerprint density at radius 3 is 2.39 bits per heavy atom. The fourth-order valence-corrected chi connectivity index (χ4v) is 4.12. The minimum absolute atomic E-state index is 0.105. The van der Waals surface area contributed by atoms with E-state index in [1.54, 1.807) is 24.3 Å². The molecule has 2 heterocycles. The summed E-state index contributed by atoms with van der Waals surface area (Å²) in [5.74, 6) is -1.68. The second-order valence-electron chi connectivity index (χ2n) is 8.48. The van der Waals surface area contributed by atoms with E-state index in [1.807, 2.05) is 0 Å². The van der Waals surface area contributed by atoms with Crippen LogP contribution in [0.15, 0.2) is 65.6 Å². The Labute approximate surface area is 218 Å². The second-order valence-corrected chi connectivity index (χ2v) is 8.91. The number of methoxy groups -OCH3 is 1. The number of halogens is 5. The van der Waals surface area contributed by atoms with Gasteiger partial charge in [0.25, 0.3) is 5.56 Å². The molecule has 1 saturated heterocycles. The van der Waals surface area contributed by atoms with Crippen LogP contribution in [0.1, 0.15) is 12.0 Å². The van der Waals surface area contributed by atoms with Crippen LogP contribution >= 0.6 is 11.6 Å². The van der Waals surface area contributed by atoms with Crippen LogP contribution in [-0.4, -0.2) is 47.2 Å². The van der Waals surface area contributed by atoms with Gasteiger partial charge < -0.3 is 20.3 Å². The van der Waals surface area contributed by atoms with Gasteiger partial charge in [-0.05, 0) is 42.5 Å². The third-order valence-corrected chi connectivity index (χ3v) is 6.23. The highest BCUT2D eigenvalue weighted by atomic mass is 35.5. The SMILES string of the molecule is CO[C@@H]1C[C@H](C(=O)Nc2ccc(-n3cc(C(F)(F)F)ccc3=O)cc2F)N(C(=O)Nc2ccc(Cl)cc2)C1. The quantitative estimate of drug-likeness (QED) is 0.440. The maximum atomic E-state index is 14.9. The molecule has 2 atom stereocenters. The van der Waals surface area contributed by atoms with E-state index in [2.05, 4.69) is 10.6 Å². The van der Waals surface area contributed by atoms with Crippen molar-refractivity contribution in [1.82, 2.24) is 9.47 Å². The van der Waals surface area contributed by atoms with Crippen molar-refractivity contribution in [2.24, 2.45) is 0 Å². The number of hydrogen-bond acceptors (Lipinski definition) is 4. The molecule has 3 amide bonds. The van der Waals surface area contributed by atoms with Gasteiger partial charge in [-0.2, -0.15) is 13.2 Å². The van der Waals surface area contributed by atoms with Crippen molar-refractivity contribution in [3.8, 4) is 5.69 Å². The summed E-state index contributed by atoms with van der Waals surface area (Å²) in [5, 5.41) is 5.55. The maximum Gasteiger partial charge on any atom is 0.417 e. The predicted octanol–water partition coefficient (Wildman–Crippen LogP) is 4.91. The Bertz CT molecular complexity index is 1410. The molecular formula is C25H21ClF4N4O4. The fourth-order valence-electron chi connectivity index (χ4n) is 4.00. The molecule has 4 rings (SSSR count). The number of carbonyl (C=O) groups is 2. The summed E-state index contributed by atoms with van der Waals surface area (Å²) in [6, 6.07) is 9.27. The standard InChI is InChI=1S/C25H21ClF4N4O4/c1-38-18-11-21(34(13-18)24(37)31-16-5-3-15(26)4-6-16)23(36)32-20-8-7-17(10-19(20)27)33-12-14(25(28,29)30)2-9-22(33)35/h2-10,12,18,21H,11,13H2,1H3,(H,31,37)(H,32,36)/t18-,21-/m1/s1. The third-order valence-electron chi connectivity index (χ3n) is 5.98. The first kappa shape index (κ1) is 27.1. The Kier molecular flexibility index (Phi) is 7.74. The molecule has 200 valence electrons. The summed E-state index contributed by atoms with van der Waals surface area (Å²) in [6.45, 7) is 0.105. The zero-order valence-corrected chi connectivity index (χ0v) is 20.5. The van der Waals surface area contributed by atoms with E-state index >= 15 is 0 Å². The molecule has 1 aliphatic rings. The van der Waals surface area contributed by atoms with Gasteiger partial charge in [0.2, 0.25) is 5.91 Å². The molecule has 1 aromatic heterocycles. The first-order chi connectivity index (χ1) is 18.0. The molecule has 13 heteroatoms. The van der Waals surface area contributed by atoms with E-state index in [1.165, 1.54) is 18.1 Å². The zero-order chi connectivity index (χ0) is 27.6. The number of carbonyl (C=O) groups excluding carboxylic acids is 2. The summed E-state index contributed by atoms with van der Waals surface area (Å²) in [6.07, 6.45) is -4.43. The first-order valence-electron chi connectivity index (χ1n) is 11.2. The molecular weight excluding hydrogens is 532 g/mol. The number of anilines is 2. The molecule has 2 aromatic carbocycles. The highest BCUT2D eigenvalue weighted by Crippen LogP contribution is 2.29. The lowest BCUT2D eigenvalue weighted by atomic mass is 10.1. The lowest BCUT2D eigenvalue weighted by Gasteiger charge is -2.24. The average molecular weight is 553 g/mol. The molecule has 0 spiro atoms. The van der Waals surface area contributed by atoms with Crippen molar-refractivity contribution < 1.29 is 31.9 Å². The van der Waals surface area contributed by atoms with Crippen LogP contribution in [0.5, 0.6) is 0 Å². The van der Waals surface area contributed by atoms with Crippen molar-refractivity contribution in [2.75, 3.05) is 24.3 Å². The Morgan fingerprint density at radius 2 is 1.76 bits per heavy atom. The summed E-state index contributed by atoms with van der Waals surface area (Å²) >= 11 is 5.86. The molecule has 1 fully saturated rings. The molecule has 2 N–H and O–H groups in total. The van der Waals surface area contributed by atoms with Crippen molar-refractivity contribution in [1.29, 1.82) is 0 Å². The molecule has 0 unspecified atom stereocenters. The molecule has 3 aromatic rings. The van der Waals surface area contributed by atoms with Gasteiger partial charge in [0.15, 0.2) is 0 Å². The minimum Gasteiger partial charge on any atom is -0.380 e. The van der Waals surface area contributed by atoms with Crippen molar-refractivity contribution in [2.45, 2.75) is 24.7 Å². The van der Waals surface area contributed by atoms with E-state index < -0.39 is 47.2 Å². The number of amides is 3. The monoisotopic (exact) mass is 552 g/mol. The van der Waals surface area contributed by atoms with Crippen LogP contribution in [-0.2, 0) is 15.7 Å². The van der Waals surface area contributed by atoms with Gasteiger partial charge in [-0.15, -0.1) is 0 Å². The van der Waals surface area contributed by atoms with E-state index in [-0.39, 0.29) is 24.3 Å². The van der Waals surface area contributed by atoms with Gasteiger partial charge in [0.1, 0.15) is 11.9 Å². The van der Waals surface area contributed by atoms with Crippen LogP contribution in [0.3, 0.4) is 0 Å². The summed E-state index contributed by atoms with van der Waals surface area (Å²) in [7, 11) is 1.44. The number of nitrogens with one attached hydrogen (secondary N) is 2. The number of benzene rings is 2. The molecule has 0 radical (unpaired) electrons. The smallest absolute Gasteiger partial charge is 0.380 e. The van der Waals surface area contributed by atoms with Gasteiger partial charge in [-0.25, -0.2) is 9.18 Å². The van der Waals surface area contributed by atoms with Gasteiger partial charge in [-0.1, -0.05) is 11.6 Å². The summed E-state index contributed by atoms with van der Waals surface area (Å²) in [5.41, 5.74) is -1.88. The lowest BCUT2D eigenvalue weighted by molar-refractivity contribution is -0.138. The van der Waals surface area contributed by atoms with Crippen LogP contribution in [0.2, 0.25) is 5.02 Å². The zero-order valence-electron chi connectivity index (χ0n) is 19.8. The highest BCUT2D eigenvalue weighted by Gasteiger charge is 2.40. The Hall–Kier alpha value is -3.90. The topological polar surface area (TPSA) is 92.7 Å². The van der Waals surface area contributed by atoms with Crippen LogP contribution in [0.4, 0.5) is 33.7 Å². The number of pyridine rings is 1. The number of urea groups is 1. The van der Waals surface area contributed by atoms with E-state index in [4.69, 9.17) is 16.3 Å². The van der Waals surface area contributed by atoms with Crippen molar-refractivity contribution >= 4 is 34.9 Å². The molecule has 38 heavy (non-hydrogen) atoms. The predicted molar refractivity (Wildman–Crippen MR) is 132 cm³/mol. The Morgan fingerprint density at radius 1 is 1.05 bits per heavy atom. The first-order valence-corrected chi connectivity index (χ1v) is 11.6. The fraction of sp³-hybridized carbons (Fsp3) is 0.240. The number of likely N-dealkylation sites (tertiary alicyclic amines) is 1. The van der Waals surface area contributed by atoms with Gasteiger partial charge in [0.05, 0.1) is 23.0 Å². The summed E-state index contributed by atoms with van der Waals surface area (Å²) < 4.78 is 60.0. The molecule has 1 aliphatic heterocycles. The molecule has 0 saturated carbocycles. The van der Waals surface area contributed by atoms with Crippen molar-refractivity contribution in [3.63, 3.8) is 0 Å². The van der Waals surface area contributed by atoms with E-state index in [0.29, 0.717) is 27.5 Å². The highest BCUT2D eigenvalue weighted by molar-refractivity contribution is 6.30. The third kappa shape index (κ3) is 5.97. The maximum absolute atomic E-state index is 14.9. The normalized spacial score (nSPS) is 17.4. The van der Waals surface area contributed by atoms with Gasteiger partial charge >= 0.3 is 12.2 Å². The van der Waals surface area contributed by atoms with Crippen molar-refractivity contribution in [3.05, 3.63) is 87.6 Å². The molecule has 0 aliphatic carbocycles. The lowest BCUT2D eigenvalue weighted by Crippen LogP contribution is -2.45. The number of nitrogens with zero attached hydrogens (tertiary/aromatic N) is 2. The minimum atomic E-state index is -4.70. The van der Waals surface area contributed by atoms with E-state index in [0.717, 1.165) is 18.2 Å². The number of hydrogen-bond donors (Lipinski definition) is 2. The van der Waals surface area contributed by atoms with Crippen LogP contribution in [0.25, 0.3) is 5.69 Å². The van der Waals surface area contributed by atoms with Crippen LogP contribution < -0.4 is 16.2 Å². The number of rotatable bonds is 5. The Balaban J connectivity index is 1.52. The average Bonchev–Trinajstić information content (AvgIpc) is 3.31. The summed E-state index contributed by atoms with van der Waals surface area (Å²) in [4.78, 5) is 39.3. The van der Waals surface area contributed by atoms with Gasteiger partial charge in [-0.3, -0.25) is 14.2 Å². The molecule has 0 bridgehead atoms. The molecule has 8 nitrogen and oxygen atoms in total. The largest absolute Gasteiger partial charge is 0.417 e. The second kappa shape index (κ2) is 10.8.